The van der Waals surface area contributed by atoms with Crippen LogP contribution in [0.3, 0.4) is 0 Å². The first-order valence-electron chi connectivity index (χ1n) is 5.17. The van der Waals surface area contributed by atoms with Crippen molar-refractivity contribution in [1.82, 2.24) is 4.90 Å². The third-order valence-electron chi connectivity index (χ3n) is 3.01. The van der Waals surface area contributed by atoms with E-state index in [0.717, 1.165) is 17.4 Å². The molecule has 0 aliphatic carbocycles. The van der Waals surface area contributed by atoms with Crippen molar-refractivity contribution >= 4 is 21.9 Å². The molecule has 0 bridgehead atoms. The lowest BCUT2D eigenvalue weighted by Gasteiger charge is -2.32. The van der Waals surface area contributed by atoms with Gasteiger partial charge in [0, 0.05) is 11.0 Å². The van der Waals surface area contributed by atoms with E-state index in [4.69, 9.17) is 4.74 Å². The molecule has 1 aromatic rings. The van der Waals surface area contributed by atoms with Crippen LogP contribution in [-0.2, 0) is 22.5 Å². The molecule has 0 aromatic heterocycles. The lowest BCUT2D eigenvalue weighted by molar-refractivity contribution is -0.147. The Balaban J connectivity index is 2.29. The number of ether oxygens (including phenoxy) is 1. The van der Waals surface area contributed by atoms with Crippen LogP contribution in [0.4, 0.5) is 0 Å². The summed E-state index contributed by atoms with van der Waals surface area (Å²) in [6, 6.07) is 6.05. The highest BCUT2D eigenvalue weighted by molar-refractivity contribution is 9.10. The second-order valence-corrected chi connectivity index (χ2v) is 4.99. The van der Waals surface area contributed by atoms with E-state index in [2.05, 4.69) is 28.1 Å². The Labute approximate surface area is 104 Å². The number of carbonyl (C=O) groups excluding carboxylic acids is 1. The molecule has 0 saturated heterocycles. The number of esters is 1. The molecule has 1 atom stereocenters. The zero-order chi connectivity index (χ0) is 11.7. The summed E-state index contributed by atoms with van der Waals surface area (Å²) in [6.45, 7) is 0.794. The first-order valence-corrected chi connectivity index (χ1v) is 5.96. The normalized spacial score (nSPS) is 20.3. The standard InChI is InChI=1S/C12H14BrNO2/c1-14-7-8-3-4-10(13)5-9(8)6-11(14)12(15)16-2/h3-5,11H,6-7H2,1-2H3/t11-/m0/s1. The Kier molecular flexibility index (Phi) is 3.30. The number of halogens is 1. The van der Waals surface area contributed by atoms with Crippen LogP contribution in [0.2, 0.25) is 0 Å². The molecule has 0 radical (unpaired) electrons. The molecule has 3 nitrogen and oxygen atoms in total. The largest absolute Gasteiger partial charge is 0.468 e. The molecular formula is C12H14BrNO2. The average molecular weight is 284 g/mol. The van der Waals surface area contributed by atoms with Crippen LogP contribution in [0, 0.1) is 0 Å². The van der Waals surface area contributed by atoms with Crippen LogP contribution in [0.1, 0.15) is 11.1 Å². The Morgan fingerprint density at radius 3 is 2.94 bits per heavy atom. The van der Waals surface area contributed by atoms with E-state index in [1.54, 1.807) is 0 Å². The number of carbonyl (C=O) groups is 1. The van der Waals surface area contributed by atoms with Crippen molar-refractivity contribution in [3.05, 3.63) is 33.8 Å². The number of rotatable bonds is 1. The van der Waals surface area contributed by atoms with Gasteiger partial charge in [-0.25, -0.2) is 0 Å². The van der Waals surface area contributed by atoms with Crippen LogP contribution in [0.25, 0.3) is 0 Å². The number of fused-ring (bicyclic) bond motifs is 1. The van der Waals surface area contributed by atoms with Crippen LogP contribution >= 0.6 is 15.9 Å². The maximum absolute atomic E-state index is 11.6. The van der Waals surface area contributed by atoms with Gasteiger partial charge in [-0.1, -0.05) is 22.0 Å². The summed E-state index contributed by atoms with van der Waals surface area (Å²) in [7, 11) is 3.39. The first kappa shape index (κ1) is 11.6. The number of likely N-dealkylation sites (N-methyl/N-ethyl adjacent to an activating group) is 1. The zero-order valence-electron chi connectivity index (χ0n) is 9.37. The predicted molar refractivity (Wildman–Crippen MR) is 65.1 cm³/mol. The third kappa shape index (κ3) is 2.13. The number of methoxy groups -OCH3 is 1. The van der Waals surface area contributed by atoms with Gasteiger partial charge in [0.05, 0.1) is 7.11 Å². The lowest BCUT2D eigenvalue weighted by atomic mass is 9.94. The summed E-state index contributed by atoms with van der Waals surface area (Å²) in [5, 5.41) is 0. The minimum atomic E-state index is -0.160. The number of hydrogen-bond donors (Lipinski definition) is 0. The van der Waals surface area contributed by atoms with Crippen LogP contribution in [0.5, 0.6) is 0 Å². The number of nitrogens with zero attached hydrogens (tertiary/aromatic N) is 1. The Morgan fingerprint density at radius 1 is 1.50 bits per heavy atom. The van der Waals surface area contributed by atoms with Gasteiger partial charge in [0.1, 0.15) is 6.04 Å². The second-order valence-electron chi connectivity index (χ2n) is 4.07. The van der Waals surface area contributed by atoms with Crippen molar-refractivity contribution < 1.29 is 9.53 Å². The van der Waals surface area contributed by atoms with Gasteiger partial charge in [-0.2, -0.15) is 0 Å². The minimum absolute atomic E-state index is 0.159. The fraction of sp³-hybridized carbons (Fsp3) is 0.417. The van der Waals surface area contributed by atoms with E-state index in [-0.39, 0.29) is 12.0 Å². The molecule has 0 saturated carbocycles. The zero-order valence-corrected chi connectivity index (χ0v) is 11.0. The molecule has 0 spiro atoms. The molecule has 4 heteroatoms. The van der Waals surface area contributed by atoms with Gasteiger partial charge >= 0.3 is 5.97 Å². The molecular weight excluding hydrogens is 270 g/mol. The van der Waals surface area contributed by atoms with Crippen LogP contribution < -0.4 is 0 Å². The molecule has 0 unspecified atom stereocenters. The predicted octanol–water partition coefficient (Wildman–Crippen LogP) is 1.98. The van der Waals surface area contributed by atoms with Gasteiger partial charge in [-0.15, -0.1) is 0 Å². The summed E-state index contributed by atoms with van der Waals surface area (Å²) in [5.41, 5.74) is 2.51. The minimum Gasteiger partial charge on any atom is -0.468 e. The van der Waals surface area contributed by atoms with Gasteiger partial charge in [-0.05, 0) is 36.7 Å². The molecule has 16 heavy (non-hydrogen) atoms. The van der Waals surface area contributed by atoms with Crippen molar-refractivity contribution in [2.75, 3.05) is 14.2 Å². The maximum atomic E-state index is 11.6. The van der Waals surface area contributed by atoms with Gasteiger partial charge in [-0.3, -0.25) is 9.69 Å². The molecule has 0 amide bonds. The van der Waals surface area contributed by atoms with E-state index in [0.29, 0.717) is 0 Å². The van der Waals surface area contributed by atoms with E-state index in [1.807, 2.05) is 18.0 Å². The van der Waals surface area contributed by atoms with Crippen molar-refractivity contribution in [2.24, 2.45) is 0 Å². The summed E-state index contributed by atoms with van der Waals surface area (Å²) >= 11 is 3.45. The second kappa shape index (κ2) is 4.55. The highest BCUT2D eigenvalue weighted by atomic mass is 79.9. The highest BCUT2D eigenvalue weighted by Crippen LogP contribution is 2.25. The Hall–Kier alpha value is -0.870. The average Bonchev–Trinajstić information content (AvgIpc) is 2.28. The molecule has 86 valence electrons. The van der Waals surface area contributed by atoms with Crippen molar-refractivity contribution in [3.8, 4) is 0 Å². The van der Waals surface area contributed by atoms with E-state index >= 15 is 0 Å². The van der Waals surface area contributed by atoms with E-state index in [1.165, 1.54) is 18.2 Å². The Morgan fingerprint density at radius 2 is 2.25 bits per heavy atom. The topological polar surface area (TPSA) is 29.5 Å². The fourth-order valence-electron chi connectivity index (χ4n) is 2.08. The van der Waals surface area contributed by atoms with Gasteiger partial charge in [0.25, 0.3) is 0 Å². The summed E-state index contributed by atoms with van der Waals surface area (Å²) in [4.78, 5) is 13.6. The van der Waals surface area contributed by atoms with Crippen molar-refractivity contribution in [3.63, 3.8) is 0 Å². The smallest absolute Gasteiger partial charge is 0.323 e. The van der Waals surface area contributed by atoms with Crippen LogP contribution in [-0.4, -0.2) is 31.1 Å². The molecule has 0 fully saturated rings. The molecule has 1 heterocycles. The first-order chi connectivity index (χ1) is 7.61. The number of hydrogen-bond acceptors (Lipinski definition) is 3. The van der Waals surface area contributed by atoms with E-state index in [9.17, 15) is 4.79 Å². The van der Waals surface area contributed by atoms with Gasteiger partial charge in [0.2, 0.25) is 0 Å². The van der Waals surface area contributed by atoms with Crippen LogP contribution in [0.15, 0.2) is 22.7 Å². The molecule has 1 aliphatic heterocycles. The van der Waals surface area contributed by atoms with E-state index < -0.39 is 0 Å². The molecule has 1 aliphatic rings. The lowest BCUT2D eigenvalue weighted by Crippen LogP contribution is -2.43. The fourth-order valence-corrected chi connectivity index (χ4v) is 2.49. The summed E-state index contributed by atoms with van der Waals surface area (Å²) in [5.74, 6) is -0.159. The quantitative estimate of drug-likeness (QED) is 0.739. The van der Waals surface area contributed by atoms with Gasteiger partial charge < -0.3 is 4.74 Å². The number of benzene rings is 1. The monoisotopic (exact) mass is 283 g/mol. The summed E-state index contributed by atoms with van der Waals surface area (Å²) in [6.07, 6.45) is 0.720. The van der Waals surface area contributed by atoms with Crippen molar-refractivity contribution in [2.45, 2.75) is 19.0 Å². The maximum Gasteiger partial charge on any atom is 0.323 e. The molecule has 1 aromatic carbocycles. The third-order valence-corrected chi connectivity index (χ3v) is 3.50. The van der Waals surface area contributed by atoms with Gasteiger partial charge in [0.15, 0.2) is 0 Å². The molecule has 2 rings (SSSR count). The summed E-state index contributed by atoms with van der Waals surface area (Å²) < 4.78 is 5.87. The van der Waals surface area contributed by atoms with Crippen molar-refractivity contribution in [1.29, 1.82) is 0 Å². The SMILES string of the molecule is COC(=O)[C@@H]1Cc2cc(Br)ccc2CN1C. The highest BCUT2D eigenvalue weighted by Gasteiger charge is 2.29. The molecule has 0 N–H and O–H groups in total. The Bertz CT molecular complexity index is 419.